The van der Waals surface area contributed by atoms with Crippen LogP contribution >= 0.6 is 0 Å². The number of hydrogen-bond donors (Lipinski definition) is 1. The predicted molar refractivity (Wildman–Crippen MR) is 64.1 cm³/mol. The van der Waals surface area contributed by atoms with Crippen molar-refractivity contribution in [1.29, 1.82) is 0 Å². The van der Waals surface area contributed by atoms with E-state index in [1.807, 2.05) is 27.7 Å². The van der Waals surface area contributed by atoms with Crippen molar-refractivity contribution < 1.29 is 8.42 Å². The Hall–Kier alpha value is -0.130. The molecule has 0 aromatic carbocycles. The first-order chi connectivity index (χ1) is 6.81. The normalized spacial score (nSPS) is 13.1. The van der Waals surface area contributed by atoms with E-state index in [0.29, 0.717) is 25.4 Å². The summed E-state index contributed by atoms with van der Waals surface area (Å²) in [4.78, 5) is 0. The average molecular weight is 236 g/mol. The van der Waals surface area contributed by atoms with E-state index in [0.717, 1.165) is 0 Å². The SMILES string of the molecule is CC(C)CCS(=O)(=O)N(CCN)C(C)C. The fraction of sp³-hybridized carbons (Fsp3) is 1.00. The molecular formula is C10H24N2O2S. The second kappa shape index (κ2) is 6.45. The van der Waals surface area contributed by atoms with Crippen molar-refractivity contribution in [3.8, 4) is 0 Å². The minimum Gasteiger partial charge on any atom is -0.329 e. The van der Waals surface area contributed by atoms with Gasteiger partial charge in [-0.05, 0) is 26.2 Å². The van der Waals surface area contributed by atoms with Gasteiger partial charge in [0.2, 0.25) is 10.0 Å². The van der Waals surface area contributed by atoms with E-state index < -0.39 is 10.0 Å². The van der Waals surface area contributed by atoms with Crippen LogP contribution in [0.3, 0.4) is 0 Å². The first kappa shape index (κ1) is 14.9. The Balaban J connectivity index is 4.50. The molecule has 4 nitrogen and oxygen atoms in total. The summed E-state index contributed by atoms with van der Waals surface area (Å²) in [5, 5.41) is 0. The third-order valence-electron chi connectivity index (χ3n) is 2.24. The minimum absolute atomic E-state index is 0.00860. The van der Waals surface area contributed by atoms with Gasteiger partial charge in [-0.3, -0.25) is 0 Å². The molecule has 0 rings (SSSR count). The first-order valence-electron chi connectivity index (χ1n) is 5.50. The van der Waals surface area contributed by atoms with Gasteiger partial charge in [0.1, 0.15) is 0 Å². The Morgan fingerprint density at radius 3 is 2.07 bits per heavy atom. The molecule has 0 aliphatic heterocycles. The topological polar surface area (TPSA) is 63.4 Å². The van der Waals surface area contributed by atoms with Gasteiger partial charge >= 0.3 is 0 Å². The van der Waals surface area contributed by atoms with Gasteiger partial charge in [-0.25, -0.2) is 8.42 Å². The Bertz CT molecular complexity index is 261. The molecule has 0 radical (unpaired) electrons. The van der Waals surface area contributed by atoms with Crippen LogP contribution in [0.4, 0.5) is 0 Å². The third kappa shape index (κ3) is 5.49. The van der Waals surface area contributed by atoms with Crippen molar-refractivity contribution in [3.63, 3.8) is 0 Å². The van der Waals surface area contributed by atoms with Crippen LogP contribution in [0.2, 0.25) is 0 Å². The van der Waals surface area contributed by atoms with Crippen LogP contribution < -0.4 is 5.73 Å². The van der Waals surface area contributed by atoms with Crippen LogP contribution in [-0.4, -0.2) is 37.6 Å². The van der Waals surface area contributed by atoms with Gasteiger partial charge in [0.05, 0.1) is 5.75 Å². The summed E-state index contributed by atoms with van der Waals surface area (Å²) in [6.45, 7) is 8.60. The zero-order chi connectivity index (χ0) is 12.1. The molecule has 2 N–H and O–H groups in total. The molecule has 0 heterocycles. The van der Waals surface area contributed by atoms with Crippen LogP contribution in [0.15, 0.2) is 0 Å². The molecule has 92 valence electrons. The number of rotatable bonds is 7. The van der Waals surface area contributed by atoms with Crippen LogP contribution in [-0.2, 0) is 10.0 Å². The smallest absolute Gasteiger partial charge is 0.214 e. The fourth-order valence-corrected chi connectivity index (χ4v) is 3.38. The Labute approximate surface area is 93.9 Å². The zero-order valence-corrected chi connectivity index (χ0v) is 11.0. The van der Waals surface area contributed by atoms with Crippen LogP contribution in [0.5, 0.6) is 0 Å². The largest absolute Gasteiger partial charge is 0.329 e. The summed E-state index contributed by atoms with van der Waals surface area (Å²) in [6, 6.07) is -0.00860. The summed E-state index contributed by atoms with van der Waals surface area (Å²) in [6.07, 6.45) is 0.704. The number of hydrogen-bond acceptors (Lipinski definition) is 3. The number of nitrogens with zero attached hydrogens (tertiary/aromatic N) is 1. The average Bonchev–Trinajstić information content (AvgIpc) is 2.10. The maximum absolute atomic E-state index is 11.9. The highest BCUT2D eigenvalue weighted by atomic mass is 32.2. The molecule has 0 aliphatic rings. The monoisotopic (exact) mass is 236 g/mol. The van der Waals surface area contributed by atoms with E-state index in [1.165, 1.54) is 4.31 Å². The first-order valence-corrected chi connectivity index (χ1v) is 7.11. The van der Waals surface area contributed by atoms with Gasteiger partial charge in [0, 0.05) is 19.1 Å². The standard InChI is InChI=1S/C10H24N2O2S/c1-9(2)5-8-15(13,14)12(7-6-11)10(3)4/h9-10H,5-8,11H2,1-4H3. The van der Waals surface area contributed by atoms with Crippen molar-refractivity contribution >= 4 is 10.0 Å². The highest BCUT2D eigenvalue weighted by Gasteiger charge is 2.23. The Morgan fingerprint density at radius 2 is 1.73 bits per heavy atom. The van der Waals surface area contributed by atoms with Crippen molar-refractivity contribution in [2.75, 3.05) is 18.8 Å². The van der Waals surface area contributed by atoms with E-state index in [2.05, 4.69) is 0 Å². The van der Waals surface area contributed by atoms with Crippen molar-refractivity contribution in [2.45, 2.75) is 40.2 Å². The molecule has 0 atom stereocenters. The quantitative estimate of drug-likeness (QED) is 0.718. The van der Waals surface area contributed by atoms with Gasteiger partial charge in [0.15, 0.2) is 0 Å². The van der Waals surface area contributed by atoms with Gasteiger partial charge in [-0.1, -0.05) is 13.8 Å². The summed E-state index contributed by atoms with van der Waals surface area (Å²) < 4.78 is 25.4. The molecule has 0 aromatic rings. The predicted octanol–water partition coefficient (Wildman–Crippen LogP) is 1.03. The molecule has 15 heavy (non-hydrogen) atoms. The van der Waals surface area contributed by atoms with E-state index in [4.69, 9.17) is 5.73 Å². The molecule has 0 saturated heterocycles. The molecule has 0 amide bonds. The summed E-state index contributed by atoms with van der Waals surface area (Å²) in [7, 11) is -3.13. The highest BCUT2D eigenvalue weighted by Crippen LogP contribution is 2.11. The van der Waals surface area contributed by atoms with Gasteiger partial charge in [0.25, 0.3) is 0 Å². The minimum atomic E-state index is -3.13. The van der Waals surface area contributed by atoms with Gasteiger partial charge < -0.3 is 5.73 Å². The Kier molecular flexibility index (Phi) is 6.40. The van der Waals surface area contributed by atoms with E-state index in [9.17, 15) is 8.42 Å². The Morgan fingerprint density at radius 1 is 1.20 bits per heavy atom. The molecule has 0 fully saturated rings. The molecular weight excluding hydrogens is 212 g/mol. The molecule has 0 saturated carbocycles. The molecule has 0 spiro atoms. The van der Waals surface area contributed by atoms with Gasteiger partial charge in [-0.2, -0.15) is 4.31 Å². The van der Waals surface area contributed by atoms with E-state index >= 15 is 0 Å². The van der Waals surface area contributed by atoms with Crippen LogP contribution in [0.1, 0.15) is 34.1 Å². The van der Waals surface area contributed by atoms with Crippen molar-refractivity contribution in [3.05, 3.63) is 0 Å². The number of nitrogens with two attached hydrogens (primary N) is 1. The lowest BCUT2D eigenvalue weighted by Crippen LogP contribution is -2.41. The third-order valence-corrected chi connectivity index (χ3v) is 4.31. The van der Waals surface area contributed by atoms with Crippen LogP contribution in [0.25, 0.3) is 0 Å². The molecule has 0 aromatic heterocycles. The van der Waals surface area contributed by atoms with E-state index in [1.54, 1.807) is 0 Å². The lowest BCUT2D eigenvalue weighted by Gasteiger charge is -2.25. The summed E-state index contributed by atoms with van der Waals surface area (Å²) >= 11 is 0. The second-order valence-electron chi connectivity index (χ2n) is 4.49. The fourth-order valence-electron chi connectivity index (χ4n) is 1.35. The maximum Gasteiger partial charge on any atom is 0.214 e. The number of sulfonamides is 1. The molecule has 0 unspecified atom stereocenters. The molecule has 5 heteroatoms. The lowest BCUT2D eigenvalue weighted by atomic mass is 10.2. The van der Waals surface area contributed by atoms with Crippen LogP contribution in [0, 0.1) is 5.92 Å². The highest BCUT2D eigenvalue weighted by molar-refractivity contribution is 7.89. The molecule has 0 bridgehead atoms. The van der Waals surface area contributed by atoms with E-state index in [-0.39, 0.29) is 11.8 Å². The maximum atomic E-state index is 11.9. The van der Waals surface area contributed by atoms with Crippen molar-refractivity contribution in [1.82, 2.24) is 4.31 Å². The molecule has 0 aliphatic carbocycles. The lowest BCUT2D eigenvalue weighted by molar-refractivity contribution is 0.359. The van der Waals surface area contributed by atoms with Gasteiger partial charge in [-0.15, -0.1) is 0 Å². The summed E-state index contributed by atoms with van der Waals surface area (Å²) in [5.41, 5.74) is 5.41. The van der Waals surface area contributed by atoms with Crippen molar-refractivity contribution in [2.24, 2.45) is 11.7 Å². The summed E-state index contributed by atoms with van der Waals surface area (Å²) in [5.74, 6) is 0.634. The zero-order valence-electron chi connectivity index (χ0n) is 10.2. The second-order valence-corrected chi connectivity index (χ2v) is 6.53.